The minimum Gasteiger partial charge on any atom is -0.481 e. The van der Waals surface area contributed by atoms with E-state index < -0.39 is 30.1 Å². The second-order valence-corrected chi connectivity index (χ2v) is 12.9. The Balaban J connectivity index is 0.000000295. The molecule has 1 fully saturated rings. The molecule has 0 spiro atoms. The number of rotatable bonds is 11. The third kappa shape index (κ3) is 12.0. The largest absolute Gasteiger partial charge is 0.481 e. The topological polar surface area (TPSA) is 102 Å². The molecule has 4 rings (SSSR count). The molecule has 11 heteroatoms. The first-order chi connectivity index (χ1) is 22.7. The summed E-state index contributed by atoms with van der Waals surface area (Å²) in [4.78, 5) is 36.7. The molecule has 48 heavy (non-hydrogen) atoms. The molecule has 3 N–H and O–H groups in total. The number of aldehydes is 1. The summed E-state index contributed by atoms with van der Waals surface area (Å²) in [5.74, 6) is -1.20. The number of piperazine rings is 1. The van der Waals surface area contributed by atoms with Gasteiger partial charge in [-0.1, -0.05) is 31.5 Å². The van der Waals surface area contributed by atoms with Crippen molar-refractivity contribution in [2.24, 2.45) is 5.92 Å². The van der Waals surface area contributed by atoms with Gasteiger partial charge in [0.25, 0.3) is 0 Å². The van der Waals surface area contributed by atoms with Gasteiger partial charge in [-0.2, -0.15) is 0 Å². The monoisotopic (exact) mass is 686 g/mol. The van der Waals surface area contributed by atoms with E-state index in [0.29, 0.717) is 29.0 Å². The summed E-state index contributed by atoms with van der Waals surface area (Å²) in [5, 5.41) is 15.2. The van der Waals surface area contributed by atoms with Gasteiger partial charge in [0.15, 0.2) is 12.1 Å². The van der Waals surface area contributed by atoms with E-state index in [2.05, 4.69) is 36.4 Å². The molecule has 1 heterocycles. The Morgan fingerprint density at radius 3 is 2.10 bits per heavy atom. The van der Waals surface area contributed by atoms with Crippen LogP contribution >= 0.6 is 11.6 Å². The van der Waals surface area contributed by atoms with Gasteiger partial charge in [0.1, 0.15) is 5.82 Å². The molecular formula is C37H49ClF2N4O4. The van der Waals surface area contributed by atoms with E-state index in [4.69, 9.17) is 16.7 Å². The van der Waals surface area contributed by atoms with Crippen LogP contribution in [0, 0.1) is 38.3 Å². The van der Waals surface area contributed by atoms with Crippen LogP contribution in [0.2, 0.25) is 5.02 Å². The first-order valence-electron chi connectivity index (χ1n) is 16.0. The summed E-state index contributed by atoms with van der Waals surface area (Å²) in [7, 11) is 4.04. The van der Waals surface area contributed by atoms with Crippen molar-refractivity contribution in [3.63, 3.8) is 0 Å². The zero-order chi connectivity index (χ0) is 36.0. The van der Waals surface area contributed by atoms with Gasteiger partial charge in [-0.3, -0.25) is 14.4 Å². The number of aryl methyl sites for hydroxylation is 3. The quantitative estimate of drug-likeness (QED) is 0.187. The molecule has 0 radical (unpaired) electrons. The molecule has 0 saturated carbocycles. The number of anilines is 1. The molecule has 8 nitrogen and oxygen atoms in total. The van der Waals surface area contributed by atoms with Gasteiger partial charge < -0.3 is 25.5 Å². The molecule has 0 aromatic heterocycles. The Morgan fingerprint density at radius 1 is 0.979 bits per heavy atom. The van der Waals surface area contributed by atoms with Crippen molar-refractivity contribution in [3.05, 3.63) is 86.9 Å². The number of aliphatic carboxylic acids is 1. The summed E-state index contributed by atoms with van der Waals surface area (Å²) in [6.45, 7) is 14.5. The highest BCUT2D eigenvalue weighted by Gasteiger charge is 2.22. The molecular weight excluding hydrogens is 638 g/mol. The molecule has 262 valence electrons. The van der Waals surface area contributed by atoms with E-state index in [-0.39, 0.29) is 11.1 Å². The van der Waals surface area contributed by atoms with Crippen LogP contribution in [-0.2, 0) is 9.59 Å². The van der Waals surface area contributed by atoms with Crippen LogP contribution in [-0.4, -0.2) is 75.5 Å². The number of carbonyl (C=O) groups is 3. The second kappa shape index (κ2) is 19.8. The molecule has 1 aliphatic heterocycles. The van der Waals surface area contributed by atoms with Gasteiger partial charge in [0.05, 0.1) is 23.7 Å². The Kier molecular flexibility index (Phi) is 16.7. The lowest BCUT2D eigenvalue weighted by atomic mass is 9.90. The fourth-order valence-corrected chi connectivity index (χ4v) is 5.76. The highest BCUT2D eigenvalue weighted by molar-refractivity contribution is 6.30. The van der Waals surface area contributed by atoms with Crippen molar-refractivity contribution in [2.45, 2.75) is 53.5 Å². The Hall–Kier alpha value is -3.86. The third-order valence-corrected chi connectivity index (χ3v) is 8.26. The maximum absolute atomic E-state index is 14.6. The van der Waals surface area contributed by atoms with Gasteiger partial charge in [-0.05, 0) is 118 Å². The number of carboxylic acid groups (broad SMARTS) is 1. The number of benzene rings is 3. The summed E-state index contributed by atoms with van der Waals surface area (Å²) in [6.07, 6.45) is 1.83. The van der Waals surface area contributed by atoms with Crippen LogP contribution in [0.15, 0.2) is 42.5 Å². The maximum atomic E-state index is 14.6. The number of carbonyl (C=O) groups excluding carboxylic acids is 2. The van der Waals surface area contributed by atoms with Gasteiger partial charge in [0, 0.05) is 36.8 Å². The molecule has 1 aliphatic rings. The lowest BCUT2D eigenvalue weighted by Gasteiger charge is -2.34. The van der Waals surface area contributed by atoms with Crippen LogP contribution in [0.1, 0.15) is 65.3 Å². The molecule has 1 amide bonds. The lowest BCUT2D eigenvalue weighted by molar-refractivity contribution is -0.137. The molecule has 0 unspecified atom stereocenters. The predicted octanol–water partition coefficient (Wildman–Crippen LogP) is 6.98. The molecule has 0 aliphatic carbocycles. The smallest absolute Gasteiger partial charge is 0.305 e. The van der Waals surface area contributed by atoms with Gasteiger partial charge >= 0.3 is 5.97 Å². The van der Waals surface area contributed by atoms with Gasteiger partial charge in [0.2, 0.25) is 6.41 Å². The van der Waals surface area contributed by atoms with Crippen molar-refractivity contribution < 1.29 is 28.3 Å². The highest BCUT2D eigenvalue weighted by atomic mass is 35.5. The van der Waals surface area contributed by atoms with Crippen molar-refractivity contribution in [3.8, 4) is 11.1 Å². The van der Waals surface area contributed by atoms with Crippen molar-refractivity contribution in [2.75, 3.05) is 51.7 Å². The van der Waals surface area contributed by atoms with E-state index in [9.17, 15) is 23.2 Å². The number of hydrogen-bond acceptors (Lipinski definition) is 6. The zero-order valence-corrected chi connectivity index (χ0v) is 29.8. The first kappa shape index (κ1) is 40.3. The second-order valence-electron chi connectivity index (χ2n) is 12.4. The number of carboxylic acids is 1. The minimum atomic E-state index is -1.12. The van der Waals surface area contributed by atoms with Gasteiger partial charge in [-0.25, -0.2) is 8.78 Å². The number of hydrogen-bond donors (Lipinski definition) is 3. The SMILES string of the molecule is CN1CCN(c2cccc(C=O)c2F)CC1.CNCCC(C)C.Cc1cc(-c2c(C)cc(Cl)cc2C)cc([C@H](CC(=O)O)NC=O)c1F. The van der Waals surface area contributed by atoms with Crippen molar-refractivity contribution in [1.29, 1.82) is 0 Å². The minimum absolute atomic E-state index is 0.136. The standard InChI is InChI=1S/C19H19ClFNO3.C12H15FN2O.C6H15N/c1-10-5-14(20)6-11(2)18(10)13-4-12(3)19(21)15(7-13)16(22-9-23)8-17(24)25;1-14-5-7-15(8-6-14)11-4-2-3-10(9-16)12(11)13;1-6(2)4-5-7-3/h4-7,9,16H,8H2,1-3H3,(H,22,23)(H,24,25);2-4,9H,5-8H2,1H3;6-7H,4-5H2,1-3H3/t16-;;/m0../s1. The number of amides is 1. The number of halogens is 3. The van der Waals surface area contributed by atoms with Gasteiger partial charge in [-0.15, -0.1) is 0 Å². The molecule has 1 saturated heterocycles. The molecule has 3 aromatic carbocycles. The van der Waals surface area contributed by atoms with E-state index in [0.717, 1.165) is 60.9 Å². The van der Waals surface area contributed by atoms with E-state index in [1.54, 1.807) is 31.2 Å². The fourth-order valence-electron chi connectivity index (χ4n) is 5.43. The zero-order valence-electron chi connectivity index (χ0n) is 29.0. The lowest BCUT2D eigenvalue weighted by Crippen LogP contribution is -2.44. The van der Waals surface area contributed by atoms with E-state index in [1.807, 2.05) is 37.9 Å². The van der Waals surface area contributed by atoms with Crippen molar-refractivity contribution in [1.82, 2.24) is 15.5 Å². The fraction of sp³-hybridized carbons (Fsp3) is 0.432. The van der Waals surface area contributed by atoms with Crippen LogP contribution in [0.5, 0.6) is 0 Å². The van der Waals surface area contributed by atoms with Crippen LogP contribution in [0.4, 0.5) is 14.5 Å². The molecule has 0 bridgehead atoms. The number of likely N-dealkylation sites (N-methyl/N-ethyl adjacent to an activating group) is 1. The normalized spacial score (nSPS) is 13.5. The average molecular weight is 687 g/mol. The predicted molar refractivity (Wildman–Crippen MR) is 190 cm³/mol. The Bertz CT molecular complexity index is 1500. The van der Waals surface area contributed by atoms with Crippen molar-refractivity contribution >= 4 is 36.0 Å². The molecule has 3 aromatic rings. The summed E-state index contributed by atoms with van der Waals surface area (Å²) >= 11 is 6.07. The van der Waals surface area contributed by atoms with Crippen LogP contribution in [0.3, 0.4) is 0 Å². The third-order valence-electron chi connectivity index (χ3n) is 8.04. The molecule has 1 atom stereocenters. The number of nitrogens with zero attached hydrogens (tertiary/aromatic N) is 2. The van der Waals surface area contributed by atoms with E-state index in [1.165, 1.54) is 12.5 Å². The summed E-state index contributed by atoms with van der Waals surface area (Å²) in [6, 6.07) is 11.0. The summed E-state index contributed by atoms with van der Waals surface area (Å²) < 4.78 is 28.5. The van der Waals surface area contributed by atoms with E-state index >= 15 is 0 Å². The van der Waals surface area contributed by atoms with Crippen LogP contribution < -0.4 is 15.5 Å². The number of nitrogens with one attached hydrogen (secondary N) is 2. The highest BCUT2D eigenvalue weighted by Crippen LogP contribution is 2.34. The summed E-state index contributed by atoms with van der Waals surface area (Å²) in [5.41, 5.74) is 4.73. The maximum Gasteiger partial charge on any atom is 0.305 e. The first-order valence-corrected chi connectivity index (χ1v) is 16.4. The Morgan fingerprint density at radius 2 is 1.60 bits per heavy atom. The average Bonchev–Trinajstić information content (AvgIpc) is 3.02. The Labute approximate surface area is 288 Å². The van der Waals surface area contributed by atoms with Crippen LogP contribution in [0.25, 0.3) is 11.1 Å².